The summed E-state index contributed by atoms with van der Waals surface area (Å²) in [6.07, 6.45) is 7.15. The zero-order valence-electron chi connectivity index (χ0n) is 13.1. The second kappa shape index (κ2) is 6.53. The van der Waals surface area contributed by atoms with Gasteiger partial charge in [0.25, 0.3) is 0 Å². The second-order valence-electron chi connectivity index (χ2n) is 6.65. The summed E-state index contributed by atoms with van der Waals surface area (Å²) < 4.78 is 0. The molecule has 4 nitrogen and oxygen atoms in total. The van der Waals surface area contributed by atoms with Crippen molar-refractivity contribution in [3.63, 3.8) is 0 Å². The molecular formula is C18H25N3O. The van der Waals surface area contributed by atoms with E-state index in [1.54, 1.807) is 0 Å². The molecule has 4 heteroatoms. The molecule has 1 aliphatic rings. The van der Waals surface area contributed by atoms with Crippen LogP contribution in [0.5, 0.6) is 0 Å². The third-order valence-electron chi connectivity index (χ3n) is 4.73. The molecule has 0 radical (unpaired) electrons. The first kappa shape index (κ1) is 15.1. The first-order chi connectivity index (χ1) is 10.6. The number of aromatic amines is 1. The van der Waals surface area contributed by atoms with Gasteiger partial charge in [-0.3, -0.25) is 4.79 Å². The summed E-state index contributed by atoms with van der Waals surface area (Å²) in [7, 11) is 0. The van der Waals surface area contributed by atoms with Crippen molar-refractivity contribution in [1.82, 2.24) is 10.3 Å². The Morgan fingerprint density at radius 1 is 1.41 bits per heavy atom. The van der Waals surface area contributed by atoms with E-state index in [0.717, 1.165) is 29.3 Å². The molecule has 0 spiro atoms. The van der Waals surface area contributed by atoms with Gasteiger partial charge in [0, 0.05) is 23.1 Å². The summed E-state index contributed by atoms with van der Waals surface area (Å²) in [6, 6.07) is 7.91. The zero-order chi connectivity index (χ0) is 15.5. The highest BCUT2D eigenvalue weighted by Crippen LogP contribution is 2.24. The molecule has 1 amide bonds. The molecule has 1 fully saturated rings. The van der Waals surface area contributed by atoms with Crippen LogP contribution in [0, 0.1) is 5.92 Å². The van der Waals surface area contributed by atoms with Crippen LogP contribution in [0.2, 0.25) is 0 Å². The maximum atomic E-state index is 12.3. The molecule has 1 aromatic heterocycles. The number of fused-ring (bicyclic) bond motifs is 1. The van der Waals surface area contributed by atoms with Crippen LogP contribution in [0.1, 0.15) is 38.2 Å². The van der Waals surface area contributed by atoms with E-state index < -0.39 is 6.04 Å². The number of hydrogen-bond donors (Lipinski definition) is 3. The van der Waals surface area contributed by atoms with Gasteiger partial charge in [0.2, 0.25) is 5.91 Å². The molecule has 1 aromatic carbocycles. The van der Waals surface area contributed by atoms with Gasteiger partial charge in [-0.2, -0.15) is 0 Å². The Labute approximate surface area is 131 Å². The predicted molar refractivity (Wildman–Crippen MR) is 89.5 cm³/mol. The number of carbonyl (C=O) groups excluding carboxylic acids is 1. The lowest BCUT2D eigenvalue weighted by Gasteiger charge is -2.28. The fraction of sp³-hybridized carbons (Fsp3) is 0.500. The number of rotatable bonds is 4. The number of hydrogen-bond acceptors (Lipinski definition) is 2. The van der Waals surface area contributed by atoms with Crippen LogP contribution >= 0.6 is 0 Å². The second-order valence-corrected chi connectivity index (χ2v) is 6.65. The van der Waals surface area contributed by atoms with E-state index in [0.29, 0.717) is 18.4 Å². The smallest absolute Gasteiger partial charge is 0.237 e. The quantitative estimate of drug-likeness (QED) is 0.812. The third-order valence-corrected chi connectivity index (χ3v) is 4.73. The normalized spacial score (nSPS) is 23.4. The molecule has 4 N–H and O–H groups in total. The molecule has 2 unspecified atom stereocenters. The molecule has 1 aliphatic carbocycles. The van der Waals surface area contributed by atoms with E-state index in [9.17, 15) is 4.79 Å². The summed E-state index contributed by atoms with van der Waals surface area (Å²) in [6.45, 7) is 2.25. The average molecular weight is 299 g/mol. The molecular weight excluding hydrogens is 274 g/mol. The van der Waals surface area contributed by atoms with Crippen molar-refractivity contribution < 1.29 is 4.79 Å². The lowest BCUT2D eigenvalue weighted by Crippen LogP contribution is -2.47. The van der Waals surface area contributed by atoms with Crippen LogP contribution in [0.4, 0.5) is 0 Å². The summed E-state index contributed by atoms with van der Waals surface area (Å²) in [5.74, 6) is 0.674. The van der Waals surface area contributed by atoms with Crippen LogP contribution in [-0.2, 0) is 11.2 Å². The van der Waals surface area contributed by atoms with E-state index in [-0.39, 0.29) is 5.91 Å². The van der Waals surface area contributed by atoms with Crippen molar-refractivity contribution in [2.24, 2.45) is 11.7 Å². The van der Waals surface area contributed by atoms with Gasteiger partial charge in [0.15, 0.2) is 0 Å². The van der Waals surface area contributed by atoms with Gasteiger partial charge in [-0.1, -0.05) is 38.0 Å². The highest BCUT2D eigenvalue weighted by molar-refractivity contribution is 5.86. The van der Waals surface area contributed by atoms with Gasteiger partial charge in [-0.05, 0) is 36.8 Å². The van der Waals surface area contributed by atoms with Gasteiger partial charge in [-0.25, -0.2) is 0 Å². The average Bonchev–Trinajstić information content (AvgIpc) is 2.90. The number of carbonyl (C=O) groups is 1. The highest BCUT2D eigenvalue weighted by Gasteiger charge is 2.23. The van der Waals surface area contributed by atoms with E-state index in [4.69, 9.17) is 5.73 Å². The van der Waals surface area contributed by atoms with Crippen LogP contribution in [0.25, 0.3) is 10.9 Å². The Morgan fingerprint density at radius 2 is 2.23 bits per heavy atom. The molecule has 0 aliphatic heterocycles. The standard InChI is InChI=1S/C18H25N3O/c1-12-5-4-6-14(9-12)21-18(22)16(19)10-13-11-20-17-8-3-2-7-15(13)17/h2-3,7-8,11-12,14,16,20H,4-6,9-10,19H2,1H3,(H,21,22)/t12?,14?,16-/m0/s1. The number of nitrogens with one attached hydrogen (secondary N) is 2. The summed E-state index contributed by atoms with van der Waals surface area (Å²) in [4.78, 5) is 15.6. The van der Waals surface area contributed by atoms with Crippen molar-refractivity contribution in [2.45, 2.75) is 51.1 Å². The molecule has 118 valence electrons. The zero-order valence-corrected chi connectivity index (χ0v) is 13.1. The summed E-state index contributed by atoms with van der Waals surface area (Å²) in [5.41, 5.74) is 8.32. The highest BCUT2D eigenvalue weighted by atomic mass is 16.2. The SMILES string of the molecule is CC1CCCC(NC(=O)[C@@H](N)Cc2c[nH]c3ccccc23)C1. The van der Waals surface area contributed by atoms with E-state index in [2.05, 4.69) is 23.3 Å². The first-order valence-corrected chi connectivity index (χ1v) is 8.24. The van der Waals surface area contributed by atoms with Crippen LogP contribution in [0.3, 0.4) is 0 Å². The largest absolute Gasteiger partial charge is 0.361 e. The molecule has 1 saturated carbocycles. The van der Waals surface area contributed by atoms with Crippen molar-refractivity contribution in [1.29, 1.82) is 0 Å². The van der Waals surface area contributed by atoms with E-state index in [1.807, 2.05) is 24.4 Å². The molecule has 3 atom stereocenters. The molecule has 1 heterocycles. The Morgan fingerprint density at radius 3 is 3.05 bits per heavy atom. The Hall–Kier alpha value is -1.81. The van der Waals surface area contributed by atoms with Gasteiger partial charge >= 0.3 is 0 Å². The third kappa shape index (κ3) is 3.33. The Balaban J connectivity index is 1.61. The van der Waals surface area contributed by atoms with Crippen molar-refractivity contribution in [2.75, 3.05) is 0 Å². The number of benzene rings is 1. The minimum atomic E-state index is -0.489. The lowest BCUT2D eigenvalue weighted by atomic mass is 9.87. The minimum Gasteiger partial charge on any atom is -0.361 e. The topological polar surface area (TPSA) is 70.9 Å². The van der Waals surface area contributed by atoms with Crippen LogP contribution in [-0.4, -0.2) is 23.0 Å². The molecule has 2 aromatic rings. The molecule has 0 saturated heterocycles. The van der Waals surface area contributed by atoms with E-state index in [1.165, 1.54) is 12.8 Å². The molecule has 3 rings (SSSR count). The number of para-hydroxylation sites is 1. The number of aromatic nitrogens is 1. The maximum absolute atomic E-state index is 12.3. The van der Waals surface area contributed by atoms with Crippen molar-refractivity contribution in [3.05, 3.63) is 36.0 Å². The summed E-state index contributed by atoms with van der Waals surface area (Å²) in [5, 5.41) is 4.29. The predicted octanol–water partition coefficient (Wildman–Crippen LogP) is 2.73. The molecule has 22 heavy (non-hydrogen) atoms. The van der Waals surface area contributed by atoms with Crippen molar-refractivity contribution >= 4 is 16.8 Å². The van der Waals surface area contributed by atoms with Crippen LogP contribution in [0.15, 0.2) is 30.5 Å². The van der Waals surface area contributed by atoms with Crippen molar-refractivity contribution in [3.8, 4) is 0 Å². The first-order valence-electron chi connectivity index (χ1n) is 8.24. The molecule has 0 bridgehead atoms. The van der Waals surface area contributed by atoms with Gasteiger partial charge in [0.1, 0.15) is 0 Å². The maximum Gasteiger partial charge on any atom is 0.237 e. The summed E-state index contributed by atoms with van der Waals surface area (Å²) >= 11 is 0. The number of amides is 1. The van der Waals surface area contributed by atoms with Gasteiger partial charge < -0.3 is 16.0 Å². The van der Waals surface area contributed by atoms with E-state index >= 15 is 0 Å². The minimum absolute atomic E-state index is 0.0237. The van der Waals surface area contributed by atoms with Gasteiger partial charge in [0.05, 0.1) is 6.04 Å². The Bertz CT molecular complexity index is 649. The van der Waals surface area contributed by atoms with Gasteiger partial charge in [-0.15, -0.1) is 0 Å². The number of H-pyrrole nitrogens is 1. The fourth-order valence-electron chi connectivity index (χ4n) is 3.50. The van der Waals surface area contributed by atoms with Crippen LogP contribution < -0.4 is 11.1 Å². The lowest BCUT2D eigenvalue weighted by molar-refractivity contribution is -0.123. The fourth-order valence-corrected chi connectivity index (χ4v) is 3.50. The number of nitrogens with two attached hydrogens (primary N) is 1. The Kier molecular flexibility index (Phi) is 4.48. The monoisotopic (exact) mass is 299 g/mol.